The van der Waals surface area contributed by atoms with Crippen molar-refractivity contribution in [1.82, 2.24) is 0 Å². The van der Waals surface area contributed by atoms with Crippen LogP contribution >= 0.6 is 0 Å². The van der Waals surface area contributed by atoms with Crippen molar-refractivity contribution in [3.8, 4) is 23.7 Å². The molecule has 1 N–H and O–H groups in total. The van der Waals surface area contributed by atoms with Crippen molar-refractivity contribution in [3.63, 3.8) is 0 Å². The molecular formula is C14H16O3. The molecule has 2 aliphatic rings. The Morgan fingerprint density at radius 3 is 3.00 bits per heavy atom. The SMILES string of the molecule is CC#CC#C/C=C1/CCC2(CCC(O)CO2)O1. The molecule has 3 nitrogen and oxygen atoms in total. The quantitative estimate of drug-likeness (QED) is 0.644. The summed E-state index contributed by atoms with van der Waals surface area (Å²) in [6, 6.07) is 0. The summed E-state index contributed by atoms with van der Waals surface area (Å²) in [5.74, 6) is 11.3. The average Bonchev–Trinajstić information content (AvgIpc) is 2.73. The summed E-state index contributed by atoms with van der Waals surface area (Å²) in [4.78, 5) is 0. The number of rotatable bonds is 0. The van der Waals surface area contributed by atoms with E-state index >= 15 is 0 Å². The molecule has 0 saturated carbocycles. The van der Waals surface area contributed by atoms with Crippen molar-refractivity contribution in [2.75, 3.05) is 6.61 Å². The van der Waals surface area contributed by atoms with Crippen molar-refractivity contribution < 1.29 is 14.6 Å². The van der Waals surface area contributed by atoms with Gasteiger partial charge < -0.3 is 14.6 Å². The molecule has 0 aromatic heterocycles. The fourth-order valence-electron chi connectivity index (χ4n) is 2.04. The van der Waals surface area contributed by atoms with Crippen LogP contribution in [0.1, 0.15) is 32.6 Å². The molecule has 2 rings (SSSR count). The number of allylic oxidation sites excluding steroid dienone is 2. The minimum absolute atomic E-state index is 0.350. The molecule has 17 heavy (non-hydrogen) atoms. The molecule has 2 unspecified atom stereocenters. The number of hydrogen-bond acceptors (Lipinski definition) is 3. The maximum absolute atomic E-state index is 9.39. The molecule has 2 aliphatic heterocycles. The standard InChI is InChI=1S/C14H16O3/c1-2-3-4-5-6-13-8-10-14(17-13)9-7-12(15)11-16-14/h6,12,15H,7-11H2,1H3/b13-6-. The summed E-state index contributed by atoms with van der Waals surface area (Å²) in [7, 11) is 0. The van der Waals surface area contributed by atoms with E-state index < -0.39 is 5.79 Å². The Hall–Kier alpha value is -1.42. The van der Waals surface area contributed by atoms with E-state index in [2.05, 4.69) is 23.7 Å². The first-order chi connectivity index (χ1) is 8.24. The Bertz CT molecular complexity index is 420. The minimum atomic E-state index is -0.511. The number of aliphatic hydroxyl groups excluding tert-OH is 1. The van der Waals surface area contributed by atoms with Crippen LogP contribution in [0.5, 0.6) is 0 Å². The number of ether oxygens (including phenoxy) is 2. The van der Waals surface area contributed by atoms with Crippen LogP contribution in [0.25, 0.3) is 0 Å². The van der Waals surface area contributed by atoms with Crippen LogP contribution in [0.3, 0.4) is 0 Å². The first-order valence-electron chi connectivity index (χ1n) is 5.86. The van der Waals surface area contributed by atoms with E-state index in [1.807, 2.05) is 0 Å². The predicted octanol–water partition coefficient (Wildman–Crippen LogP) is 1.57. The fourth-order valence-corrected chi connectivity index (χ4v) is 2.04. The van der Waals surface area contributed by atoms with Gasteiger partial charge >= 0.3 is 0 Å². The zero-order chi connectivity index (χ0) is 12.1. The van der Waals surface area contributed by atoms with E-state index in [1.54, 1.807) is 13.0 Å². The topological polar surface area (TPSA) is 38.7 Å². The third-order valence-electron chi connectivity index (χ3n) is 2.96. The highest BCUT2D eigenvalue weighted by molar-refractivity contribution is 5.31. The van der Waals surface area contributed by atoms with Gasteiger partial charge in [-0.25, -0.2) is 0 Å². The van der Waals surface area contributed by atoms with Gasteiger partial charge in [-0.2, -0.15) is 0 Å². The Kier molecular flexibility index (Phi) is 3.74. The molecule has 0 aromatic carbocycles. The van der Waals surface area contributed by atoms with E-state index in [-0.39, 0.29) is 6.10 Å². The van der Waals surface area contributed by atoms with Gasteiger partial charge in [0.2, 0.25) is 5.79 Å². The Morgan fingerprint density at radius 2 is 2.29 bits per heavy atom. The fraction of sp³-hybridized carbons (Fsp3) is 0.571. The molecule has 90 valence electrons. The highest BCUT2D eigenvalue weighted by Gasteiger charge is 2.42. The van der Waals surface area contributed by atoms with Crippen LogP contribution < -0.4 is 0 Å². The number of aliphatic hydroxyl groups is 1. The molecular weight excluding hydrogens is 216 g/mol. The van der Waals surface area contributed by atoms with Gasteiger partial charge in [-0.05, 0) is 25.2 Å². The maximum Gasteiger partial charge on any atom is 0.210 e. The first-order valence-corrected chi connectivity index (χ1v) is 5.86. The van der Waals surface area contributed by atoms with Crippen LogP contribution in [0, 0.1) is 23.7 Å². The lowest BCUT2D eigenvalue weighted by molar-refractivity contribution is -0.236. The Labute approximate surface area is 102 Å². The van der Waals surface area contributed by atoms with Crippen LogP contribution in [-0.2, 0) is 9.47 Å². The molecule has 3 heteroatoms. The first kappa shape index (κ1) is 12.0. The third kappa shape index (κ3) is 3.03. The summed E-state index contributed by atoms with van der Waals surface area (Å²) in [6.45, 7) is 2.12. The molecule has 0 aromatic rings. The molecule has 0 amide bonds. The van der Waals surface area contributed by atoms with Crippen molar-refractivity contribution in [2.45, 2.75) is 44.5 Å². The normalized spacial score (nSPS) is 33.5. The lowest BCUT2D eigenvalue weighted by Gasteiger charge is -2.34. The largest absolute Gasteiger partial charge is 0.466 e. The summed E-state index contributed by atoms with van der Waals surface area (Å²) >= 11 is 0. The molecule has 2 fully saturated rings. The van der Waals surface area contributed by atoms with Gasteiger partial charge in [0, 0.05) is 25.3 Å². The molecule has 2 atom stereocenters. The van der Waals surface area contributed by atoms with Crippen molar-refractivity contribution >= 4 is 0 Å². The van der Waals surface area contributed by atoms with E-state index in [4.69, 9.17) is 9.47 Å². The molecule has 2 saturated heterocycles. The lowest BCUT2D eigenvalue weighted by atomic mass is 10.0. The van der Waals surface area contributed by atoms with Gasteiger partial charge in [0.25, 0.3) is 0 Å². The van der Waals surface area contributed by atoms with Gasteiger partial charge in [-0.3, -0.25) is 0 Å². The van der Waals surface area contributed by atoms with Crippen molar-refractivity contribution in [3.05, 3.63) is 11.8 Å². The van der Waals surface area contributed by atoms with Crippen molar-refractivity contribution in [1.29, 1.82) is 0 Å². The van der Waals surface area contributed by atoms with Gasteiger partial charge in [-0.1, -0.05) is 11.8 Å². The van der Waals surface area contributed by atoms with E-state index in [1.165, 1.54) is 0 Å². The third-order valence-corrected chi connectivity index (χ3v) is 2.96. The van der Waals surface area contributed by atoms with E-state index in [0.29, 0.717) is 6.61 Å². The Balaban J connectivity index is 1.95. The van der Waals surface area contributed by atoms with Gasteiger partial charge in [0.05, 0.1) is 12.7 Å². The highest BCUT2D eigenvalue weighted by Crippen LogP contribution is 2.40. The van der Waals surface area contributed by atoms with E-state index in [0.717, 1.165) is 31.4 Å². The second kappa shape index (κ2) is 5.27. The van der Waals surface area contributed by atoms with Crippen LogP contribution in [0.15, 0.2) is 11.8 Å². The summed E-state index contributed by atoms with van der Waals surface area (Å²) < 4.78 is 11.4. The number of hydrogen-bond donors (Lipinski definition) is 1. The zero-order valence-corrected chi connectivity index (χ0v) is 9.95. The second-order valence-corrected chi connectivity index (χ2v) is 4.27. The van der Waals surface area contributed by atoms with Crippen LogP contribution in [0.2, 0.25) is 0 Å². The zero-order valence-electron chi connectivity index (χ0n) is 9.95. The van der Waals surface area contributed by atoms with Crippen molar-refractivity contribution in [2.24, 2.45) is 0 Å². The molecule has 0 bridgehead atoms. The smallest absolute Gasteiger partial charge is 0.210 e. The second-order valence-electron chi connectivity index (χ2n) is 4.27. The summed E-state index contributed by atoms with van der Waals surface area (Å²) in [5.41, 5.74) is 0. The highest BCUT2D eigenvalue weighted by atomic mass is 16.7. The lowest BCUT2D eigenvalue weighted by Crippen LogP contribution is -2.40. The molecule has 0 radical (unpaired) electrons. The monoisotopic (exact) mass is 232 g/mol. The molecule has 2 heterocycles. The van der Waals surface area contributed by atoms with Gasteiger partial charge in [0.15, 0.2) is 0 Å². The molecule has 0 aliphatic carbocycles. The predicted molar refractivity (Wildman–Crippen MR) is 63.6 cm³/mol. The minimum Gasteiger partial charge on any atom is -0.466 e. The van der Waals surface area contributed by atoms with Crippen LogP contribution in [-0.4, -0.2) is 23.6 Å². The molecule has 1 spiro atoms. The average molecular weight is 232 g/mol. The Morgan fingerprint density at radius 1 is 1.41 bits per heavy atom. The summed E-state index contributed by atoms with van der Waals surface area (Å²) in [6.07, 6.45) is 4.57. The summed E-state index contributed by atoms with van der Waals surface area (Å²) in [5, 5.41) is 9.39. The van der Waals surface area contributed by atoms with Gasteiger partial charge in [-0.15, -0.1) is 0 Å². The van der Waals surface area contributed by atoms with Gasteiger partial charge in [0.1, 0.15) is 5.76 Å². The van der Waals surface area contributed by atoms with E-state index in [9.17, 15) is 5.11 Å². The maximum atomic E-state index is 9.39. The van der Waals surface area contributed by atoms with Crippen LogP contribution in [0.4, 0.5) is 0 Å².